The largest absolute Gasteiger partial charge is 0.478 e. The number of benzene rings is 1. The summed E-state index contributed by atoms with van der Waals surface area (Å²) in [5, 5.41) is 0. The van der Waals surface area contributed by atoms with Crippen LogP contribution in [0.2, 0.25) is 0 Å². The van der Waals surface area contributed by atoms with Crippen molar-refractivity contribution in [2.45, 2.75) is 44.6 Å². The first-order valence-corrected chi connectivity index (χ1v) is 7.16. The lowest BCUT2D eigenvalue weighted by molar-refractivity contribution is 0.281. The third kappa shape index (κ3) is 2.74. The Labute approximate surface area is 109 Å². The summed E-state index contributed by atoms with van der Waals surface area (Å²) in [6.45, 7) is 0.778. The van der Waals surface area contributed by atoms with Gasteiger partial charge in [0.25, 0.3) is 0 Å². The van der Waals surface area contributed by atoms with Crippen LogP contribution in [0.3, 0.4) is 0 Å². The summed E-state index contributed by atoms with van der Waals surface area (Å²) in [7, 11) is 0. The highest BCUT2D eigenvalue weighted by atomic mass is 16.5. The zero-order valence-corrected chi connectivity index (χ0v) is 10.8. The van der Waals surface area contributed by atoms with Crippen LogP contribution < -0.4 is 0 Å². The Morgan fingerprint density at radius 2 is 1.83 bits per heavy atom. The van der Waals surface area contributed by atoms with Crippen LogP contribution in [-0.4, -0.2) is 18.5 Å². The number of hydrogen-bond donors (Lipinski definition) is 0. The zero-order valence-electron chi connectivity index (χ0n) is 10.8. The molecule has 0 aromatic heterocycles. The smallest absolute Gasteiger partial charge is 0.186 e. The lowest BCUT2D eigenvalue weighted by atomic mass is 9.89. The van der Waals surface area contributed by atoms with Crippen molar-refractivity contribution >= 4 is 5.90 Å². The molecule has 1 aliphatic heterocycles. The SMILES string of the molecule is c1ccc(C[C@H]2COC(C3CCCCC3)=N2)cc1. The Bertz CT molecular complexity index is 406. The summed E-state index contributed by atoms with van der Waals surface area (Å²) in [5.74, 6) is 1.66. The second kappa shape index (κ2) is 5.55. The van der Waals surface area contributed by atoms with E-state index in [0.717, 1.165) is 18.9 Å². The van der Waals surface area contributed by atoms with Crippen molar-refractivity contribution in [3.63, 3.8) is 0 Å². The predicted octanol–water partition coefficient (Wildman–Crippen LogP) is 3.61. The fraction of sp³-hybridized carbons (Fsp3) is 0.562. The van der Waals surface area contributed by atoms with E-state index >= 15 is 0 Å². The first kappa shape index (κ1) is 11.8. The molecular formula is C16H21NO. The van der Waals surface area contributed by atoms with Crippen molar-refractivity contribution < 1.29 is 4.74 Å². The lowest BCUT2D eigenvalue weighted by Crippen LogP contribution is -2.17. The van der Waals surface area contributed by atoms with Gasteiger partial charge in [-0.05, 0) is 24.8 Å². The minimum atomic E-state index is 0.337. The minimum Gasteiger partial charge on any atom is -0.478 e. The van der Waals surface area contributed by atoms with Gasteiger partial charge >= 0.3 is 0 Å². The monoisotopic (exact) mass is 243 g/mol. The molecule has 0 spiro atoms. The van der Waals surface area contributed by atoms with E-state index in [2.05, 4.69) is 30.3 Å². The fourth-order valence-electron chi connectivity index (χ4n) is 3.00. The summed E-state index contributed by atoms with van der Waals surface area (Å²) in [6.07, 6.45) is 7.63. The standard InChI is InChI=1S/C16H21NO/c1-3-7-13(8-4-1)11-15-12-18-16(17-15)14-9-5-2-6-10-14/h1,3-4,7-8,14-15H,2,5-6,9-12H2/t15-/m0/s1. The molecule has 0 unspecified atom stereocenters. The van der Waals surface area contributed by atoms with E-state index in [-0.39, 0.29) is 0 Å². The Morgan fingerprint density at radius 1 is 1.06 bits per heavy atom. The van der Waals surface area contributed by atoms with Crippen LogP contribution in [0.25, 0.3) is 0 Å². The molecule has 96 valence electrons. The molecule has 0 N–H and O–H groups in total. The normalized spacial score (nSPS) is 24.7. The molecule has 1 fully saturated rings. The second-order valence-corrected chi connectivity index (χ2v) is 5.46. The molecule has 3 rings (SSSR count). The molecule has 0 saturated heterocycles. The Kier molecular flexibility index (Phi) is 3.63. The van der Waals surface area contributed by atoms with Crippen molar-refractivity contribution in [1.29, 1.82) is 0 Å². The number of ether oxygens (including phenoxy) is 1. The second-order valence-electron chi connectivity index (χ2n) is 5.46. The van der Waals surface area contributed by atoms with E-state index in [9.17, 15) is 0 Å². The summed E-state index contributed by atoms with van der Waals surface area (Å²) in [4.78, 5) is 4.80. The highest BCUT2D eigenvalue weighted by Gasteiger charge is 2.27. The highest BCUT2D eigenvalue weighted by Crippen LogP contribution is 2.28. The topological polar surface area (TPSA) is 21.6 Å². The molecule has 0 bridgehead atoms. The summed E-state index contributed by atoms with van der Waals surface area (Å²) in [6, 6.07) is 10.9. The van der Waals surface area contributed by atoms with Gasteiger partial charge in [-0.3, -0.25) is 0 Å². The van der Waals surface area contributed by atoms with Crippen LogP contribution in [0.1, 0.15) is 37.7 Å². The van der Waals surface area contributed by atoms with Gasteiger partial charge < -0.3 is 4.74 Å². The molecule has 2 heteroatoms. The summed E-state index contributed by atoms with van der Waals surface area (Å²) < 4.78 is 5.83. The van der Waals surface area contributed by atoms with Crippen LogP contribution >= 0.6 is 0 Å². The molecule has 1 aromatic carbocycles. The van der Waals surface area contributed by atoms with Gasteiger partial charge in [-0.2, -0.15) is 0 Å². The van der Waals surface area contributed by atoms with Crippen molar-refractivity contribution in [2.24, 2.45) is 10.9 Å². The van der Waals surface area contributed by atoms with Crippen LogP contribution in [0.4, 0.5) is 0 Å². The molecule has 2 aliphatic rings. The first-order valence-electron chi connectivity index (χ1n) is 7.16. The maximum Gasteiger partial charge on any atom is 0.186 e. The Morgan fingerprint density at radius 3 is 2.61 bits per heavy atom. The molecule has 1 saturated carbocycles. The lowest BCUT2D eigenvalue weighted by Gasteiger charge is -2.20. The maximum atomic E-state index is 5.83. The van der Waals surface area contributed by atoms with E-state index in [0.29, 0.717) is 12.0 Å². The molecule has 2 nitrogen and oxygen atoms in total. The molecule has 1 heterocycles. The van der Waals surface area contributed by atoms with Gasteiger partial charge in [0.15, 0.2) is 5.90 Å². The highest BCUT2D eigenvalue weighted by molar-refractivity contribution is 5.80. The van der Waals surface area contributed by atoms with E-state index in [4.69, 9.17) is 9.73 Å². The third-order valence-electron chi connectivity index (χ3n) is 4.00. The van der Waals surface area contributed by atoms with Crippen LogP contribution in [-0.2, 0) is 11.2 Å². The van der Waals surface area contributed by atoms with Gasteiger partial charge in [-0.25, -0.2) is 4.99 Å². The van der Waals surface area contributed by atoms with Crippen molar-refractivity contribution in [3.8, 4) is 0 Å². The number of hydrogen-bond acceptors (Lipinski definition) is 2. The van der Waals surface area contributed by atoms with Crippen molar-refractivity contribution in [2.75, 3.05) is 6.61 Å². The Hall–Kier alpha value is -1.31. The minimum absolute atomic E-state index is 0.337. The molecule has 0 radical (unpaired) electrons. The average Bonchev–Trinajstić information content (AvgIpc) is 2.89. The van der Waals surface area contributed by atoms with Crippen molar-refractivity contribution in [1.82, 2.24) is 0 Å². The number of nitrogens with zero attached hydrogens (tertiary/aromatic N) is 1. The molecule has 1 aromatic rings. The van der Waals surface area contributed by atoms with E-state index in [1.54, 1.807) is 0 Å². The van der Waals surface area contributed by atoms with Gasteiger partial charge in [-0.1, -0.05) is 49.6 Å². The maximum absolute atomic E-state index is 5.83. The summed E-state index contributed by atoms with van der Waals surface area (Å²) in [5.41, 5.74) is 1.36. The quantitative estimate of drug-likeness (QED) is 0.794. The molecule has 18 heavy (non-hydrogen) atoms. The Balaban J connectivity index is 1.61. The van der Waals surface area contributed by atoms with Gasteiger partial charge in [0.2, 0.25) is 0 Å². The van der Waals surface area contributed by atoms with Gasteiger partial charge in [-0.15, -0.1) is 0 Å². The number of aliphatic imine (C=N–C) groups is 1. The molecule has 0 amide bonds. The van der Waals surface area contributed by atoms with Crippen molar-refractivity contribution in [3.05, 3.63) is 35.9 Å². The number of rotatable bonds is 3. The van der Waals surface area contributed by atoms with E-state index in [1.807, 2.05) is 0 Å². The third-order valence-corrected chi connectivity index (χ3v) is 4.00. The van der Waals surface area contributed by atoms with Gasteiger partial charge in [0, 0.05) is 5.92 Å². The van der Waals surface area contributed by atoms with Crippen LogP contribution in [0.5, 0.6) is 0 Å². The molecule has 1 atom stereocenters. The fourth-order valence-corrected chi connectivity index (χ4v) is 3.00. The molecular weight excluding hydrogens is 222 g/mol. The zero-order chi connectivity index (χ0) is 12.2. The summed E-state index contributed by atoms with van der Waals surface area (Å²) >= 11 is 0. The van der Waals surface area contributed by atoms with Crippen LogP contribution in [0.15, 0.2) is 35.3 Å². The van der Waals surface area contributed by atoms with Gasteiger partial charge in [0.05, 0.1) is 6.04 Å². The van der Waals surface area contributed by atoms with Gasteiger partial charge in [0.1, 0.15) is 6.61 Å². The molecule has 1 aliphatic carbocycles. The van der Waals surface area contributed by atoms with E-state index < -0.39 is 0 Å². The van der Waals surface area contributed by atoms with E-state index in [1.165, 1.54) is 37.7 Å². The predicted molar refractivity (Wildman–Crippen MR) is 73.9 cm³/mol. The van der Waals surface area contributed by atoms with Crippen LogP contribution in [0, 0.1) is 5.92 Å². The average molecular weight is 243 g/mol. The first-order chi connectivity index (χ1) is 8.92.